The van der Waals surface area contributed by atoms with Crippen LogP contribution in [0.5, 0.6) is 5.88 Å². The SMILES string of the molecule is COc1ccc(Nc2ccn3ncc(-c4cc(C(F)(F)F)cc(C(F)(F)F)c4)c3n2)cn1. The standard InChI is InChI=1S/C20H13F6N5O/c1-32-17-3-2-14(9-27-17)29-16-4-5-31-18(30-16)15(10-28-31)11-6-12(19(21,22)23)8-13(7-11)20(24,25)26/h2-10H,1H3,(H,29,30). The largest absolute Gasteiger partial charge is 0.481 e. The molecule has 0 fully saturated rings. The second-order valence-corrected chi connectivity index (χ2v) is 6.65. The molecule has 32 heavy (non-hydrogen) atoms. The van der Waals surface area contributed by atoms with Crippen LogP contribution in [0.3, 0.4) is 0 Å². The van der Waals surface area contributed by atoms with E-state index in [1.165, 1.54) is 24.0 Å². The van der Waals surface area contributed by atoms with Crippen molar-refractivity contribution < 1.29 is 31.1 Å². The van der Waals surface area contributed by atoms with Crippen LogP contribution < -0.4 is 10.1 Å². The lowest BCUT2D eigenvalue weighted by atomic mass is 10.0. The second kappa shape index (κ2) is 7.70. The van der Waals surface area contributed by atoms with E-state index in [4.69, 9.17) is 4.74 Å². The average Bonchev–Trinajstić information content (AvgIpc) is 3.16. The Morgan fingerprint density at radius 1 is 0.906 bits per heavy atom. The molecule has 4 rings (SSSR count). The molecule has 0 radical (unpaired) electrons. The Hall–Kier alpha value is -3.83. The minimum Gasteiger partial charge on any atom is -0.481 e. The zero-order valence-corrected chi connectivity index (χ0v) is 16.2. The van der Waals surface area contributed by atoms with Crippen molar-refractivity contribution >= 4 is 17.2 Å². The Morgan fingerprint density at radius 3 is 2.16 bits per heavy atom. The number of fused-ring (bicyclic) bond motifs is 1. The summed E-state index contributed by atoms with van der Waals surface area (Å²) in [6.45, 7) is 0. The van der Waals surface area contributed by atoms with Gasteiger partial charge in [0.1, 0.15) is 5.82 Å². The van der Waals surface area contributed by atoms with Crippen LogP contribution in [0.4, 0.5) is 37.8 Å². The summed E-state index contributed by atoms with van der Waals surface area (Å²) in [4.78, 5) is 8.33. The number of alkyl halides is 6. The highest BCUT2D eigenvalue weighted by molar-refractivity contribution is 5.79. The molecule has 4 aromatic rings. The minimum absolute atomic E-state index is 0.0121. The molecule has 3 aromatic heterocycles. The predicted octanol–water partition coefficient (Wildman–Crippen LogP) is 5.58. The smallest absolute Gasteiger partial charge is 0.416 e. The highest BCUT2D eigenvalue weighted by Crippen LogP contribution is 2.39. The normalized spacial score (nSPS) is 12.2. The number of pyridine rings is 1. The molecule has 0 aliphatic heterocycles. The van der Waals surface area contributed by atoms with Crippen molar-refractivity contribution in [3.8, 4) is 17.0 Å². The van der Waals surface area contributed by atoms with Crippen molar-refractivity contribution in [3.63, 3.8) is 0 Å². The van der Waals surface area contributed by atoms with Gasteiger partial charge in [-0.25, -0.2) is 14.5 Å². The maximum absolute atomic E-state index is 13.2. The molecule has 0 amide bonds. The van der Waals surface area contributed by atoms with Crippen molar-refractivity contribution in [3.05, 3.63) is 66.1 Å². The Morgan fingerprint density at radius 2 is 1.59 bits per heavy atom. The molecular formula is C20H13F6N5O. The van der Waals surface area contributed by atoms with Crippen molar-refractivity contribution in [2.24, 2.45) is 0 Å². The molecule has 0 aliphatic carbocycles. The summed E-state index contributed by atoms with van der Waals surface area (Å²) in [6.07, 6.45) is -5.80. The summed E-state index contributed by atoms with van der Waals surface area (Å²) >= 11 is 0. The lowest BCUT2D eigenvalue weighted by Gasteiger charge is -2.14. The van der Waals surface area contributed by atoms with Gasteiger partial charge in [-0.3, -0.25) is 0 Å². The van der Waals surface area contributed by atoms with Crippen LogP contribution in [0, 0.1) is 0 Å². The van der Waals surface area contributed by atoms with Crippen LogP contribution in [-0.2, 0) is 12.4 Å². The Kier molecular flexibility index (Phi) is 5.15. The monoisotopic (exact) mass is 453 g/mol. The highest BCUT2D eigenvalue weighted by atomic mass is 19.4. The van der Waals surface area contributed by atoms with Crippen molar-refractivity contribution in [1.82, 2.24) is 19.6 Å². The molecule has 166 valence electrons. The van der Waals surface area contributed by atoms with Gasteiger partial charge in [0.2, 0.25) is 5.88 Å². The summed E-state index contributed by atoms with van der Waals surface area (Å²) in [5, 5.41) is 6.94. The zero-order chi connectivity index (χ0) is 23.1. The predicted molar refractivity (Wildman–Crippen MR) is 102 cm³/mol. The van der Waals surface area contributed by atoms with Crippen LogP contribution in [0.25, 0.3) is 16.8 Å². The molecule has 0 atom stereocenters. The summed E-state index contributed by atoms with van der Waals surface area (Å²) in [5.41, 5.74) is -2.51. The Bertz CT molecular complexity index is 1230. The van der Waals surface area contributed by atoms with E-state index in [1.807, 2.05) is 0 Å². The lowest BCUT2D eigenvalue weighted by Crippen LogP contribution is -2.11. The number of benzene rings is 1. The van der Waals surface area contributed by atoms with E-state index in [0.29, 0.717) is 23.7 Å². The first-order valence-corrected chi connectivity index (χ1v) is 8.96. The third-order valence-corrected chi connectivity index (χ3v) is 4.49. The number of halogens is 6. The molecule has 0 spiro atoms. The van der Waals surface area contributed by atoms with E-state index in [-0.39, 0.29) is 28.7 Å². The van der Waals surface area contributed by atoms with E-state index in [0.717, 1.165) is 6.20 Å². The number of ether oxygens (including phenoxy) is 1. The van der Waals surface area contributed by atoms with Gasteiger partial charge in [-0.1, -0.05) is 0 Å². The quantitative estimate of drug-likeness (QED) is 0.409. The molecule has 6 nitrogen and oxygen atoms in total. The van der Waals surface area contributed by atoms with E-state index >= 15 is 0 Å². The van der Waals surface area contributed by atoms with Gasteiger partial charge in [0.05, 0.1) is 36.3 Å². The number of anilines is 2. The van der Waals surface area contributed by atoms with E-state index in [9.17, 15) is 26.3 Å². The van der Waals surface area contributed by atoms with E-state index in [2.05, 4.69) is 20.4 Å². The third-order valence-electron chi connectivity index (χ3n) is 4.49. The molecule has 1 aromatic carbocycles. The first-order chi connectivity index (χ1) is 15.0. The highest BCUT2D eigenvalue weighted by Gasteiger charge is 2.37. The molecule has 0 saturated heterocycles. The number of methoxy groups -OCH3 is 1. The number of aromatic nitrogens is 4. The minimum atomic E-state index is -4.96. The molecule has 0 unspecified atom stereocenters. The molecule has 0 saturated carbocycles. The van der Waals surface area contributed by atoms with Gasteiger partial charge in [0, 0.05) is 17.8 Å². The maximum atomic E-state index is 13.2. The van der Waals surface area contributed by atoms with Gasteiger partial charge >= 0.3 is 12.4 Å². The van der Waals surface area contributed by atoms with Gasteiger partial charge in [-0.05, 0) is 35.9 Å². The number of hydrogen-bond donors (Lipinski definition) is 1. The first kappa shape index (κ1) is 21.4. The molecular weight excluding hydrogens is 440 g/mol. The van der Waals surface area contributed by atoms with E-state index < -0.39 is 23.5 Å². The molecule has 0 aliphatic rings. The van der Waals surface area contributed by atoms with Gasteiger partial charge in [0.25, 0.3) is 0 Å². The lowest BCUT2D eigenvalue weighted by molar-refractivity contribution is -0.143. The fraction of sp³-hybridized carbons (Fsp3) is 0.150. The number of hydrogen-bond acceptors (Lipinski definition) is 5. The topological polar surface area (TPSA) is 64.3 Å². The van der Waals surface area contributed by atoms with Crippen molar-refractivity contribution in [2.75, 3.05) is 12.4 Å². The number of nitrogens with one attached hydrogen (secondary N) is 1. The van der Waals surface area contributed by atoms with Gasteiger partial charge < -0.3 is 10.1 Å². The van der Waals surface area contributed by atoms with Crippen molar-refractivity contribution in [2.45, 2.75) is 12.4 Å². The molecule has 12 heteroatoms. The second-order valence-electron chi connectivity index (χ2n) is 6.65. The maximum Gasteiger partial charge on any atom is 0.416 e. The first-order valence-electron chi connectivity index (χ1n) is 8.96. The fourth-order valence-electron chi connectivity index (χ4n) is 2.98. The summed E-state index contributed by atoms with van der Waals surface area (Å²) in [7, 11) is 1.46. The number of nitrogens with zero attached hydrogens (tertiary/aromatic N) is 4. The fourth-order valence-corrected chi connectivity index (χ4v) is 2.98. The molecule has 1 N–H and O–H groups in total. The third kappa shape index (κ3) is 4.29. The van der Waals surface area contributed by atoms with Crippen LogP contribution in [0.15, 0.2) is 55.0 Å². The van der Waals surface area contributed by atoms with Gasteiger partial charge in [-0.15, -0.1) is 0 Å². The summed E-state index contributed by atoms with van der Waals surface area (Å²) in [6, 6.07) is 6.17. The summed E-state index contributed by atoms with van der Waals surface area (Å²) in [5.74, 6) is 0.677. The van der Waals surface area contributed by atoms with Gasteiger partial charge in [0.15, 0.2) is 5.65 Å². The van der Waals surface area contributed by atoms with E-state index in [1.54, 1.807) is 18.2 Å². The average molecular weight is 453 g/mol. The molecule has 3 heterocycles. The van der Waals surface area contributed by atoms with Gasteiger partial charge in [-0.2, -0.15) is 31.4 Å². The number of rotatable bonds is 4. The van der Waals surface area contributed by atoms with Crippen LogP contribution in [-0.4, -0.2) is 26.7 Å². The van der Waals surface area contributed by atoms with Crippen LogP contribution >= 0.6 is 0 Å². The molecule has 0 bridgehead atoms. The van der Waals surface area contributed by atoms with Crippen LogP contribution in [0.2, 0.25) is 0 Å². The van der Waals surface area contributed by atoms with Crippen molar-refractivity contribution in [1.29, 1.82) is 0 Å². The zero-order valence-electron chi connectivity index (χ0n) is 16.2. The Balaban J connectivity index is 1.78. The summed E-state index contributed by atoms with van der Waals surface area (Å²) < 4.78 is 85.6. The Labute approximate surface area is 176 Å². The van der Waals surface area contributed by atoms with Crippen LogP contribution in [0.1, 0.15) is 11.1 Å².